The van der Waals surface area contributed by atoms with Crippen molar-refractivity contribution in [3.8, 4) is 0 Å². The Morgan fingerprint density at radius 2 is 1.67 bits per heavy atom. The fourth-order valence-electron chi connectivity index (χ4n) is 1.16. The number of carboxylic acid groups (broad SMARTS) is 1. The molecule has 0 bridgehead atoms. The highest BCUT2D eigenvalue weighted by Crippen LogP contribution is 1.94. The average Bonchev–Trinajstić information content (AvgIpc) is 2.27. The van der Waals surface area contributed by atoms with Gasteiger partial charge in [-0.2, -0.15) is 0 Å². The number of carbonyl (C=O) groups excluding carboxylic acids is 2. The van der Waals surface area contributed by atoms with E-state index in [0.29, 0.717) is 31.5 Å². The summed E-state index contributed by atoms with van der Waals surface area (Å²) in [7, 11) is 0. The van der Waals surface area contributed by atoms with Gasteiger partial charge < -0.3 is 15.7 Å². The lowest BCUT2D eigenvalue weighted by Gasteiger charge is -2.06. The second-order valence-corrected chi connectivity index (χ2v) is 3.99. The van der Waals surface area contributed by atoms with Gasteiger partial charge in [-0.3, -0.25) is 14.4 Å². The van der Waals surface area contributed by atoms with E-state index in [2.05, 4.69) is 17.2 Å². The summed E-state index contributed by atoms with van der Waals surface area (Å²) in [6.45, 7) is 6.06. The van der Waals surface area contributed by atoms with Gasteiger partial charge in [0.05, 0.1) is 0 Å². The number of hydrogen-bond donors (Lipinski definition) is 3. The Hall–Kier alpha value is -1.85. The smallest absolute Gasteiger partial charge is 0.303 e. The lowest BCUT2D eigenvalue weighted by atomic mass is 10.2. The van der Waals surface area contributed by atoms with Crippen molar-refractivity contribution >= 4 is 17.8 Å². The van der Waals surface area contributed by atoms with Crippen LogP contribution in [-0.4, -0.2) is 36.0 Å². The number of rotatable bonds is 9. The number of amides is 2. The van der Waals surface area contributed by atoms with Crippen LogP contribution in [0, 0.1) is 0 Å². The molecule has 0 rings (SSSR count). The first kappa shape index (κ1) is 16.1. The van der Waals surface area contributed by atoms with Gasteiger partial charge in [-0.15, -0.1) is 0 Å². The van der Waals surface area contributed by atoms with E-state index in [-0.39, 0.29) is 24.7 Å². The fourth-order valence-corrected chi connectivity index (χ4v) is 1.16. The highest BCUT2D eigenvalue weighted by atomic mass is 16.4. The van der Waals surface area contributed by atoms with Crippen molar-refractivity contribution in [2.24, 2.45) is 0 Å². The number of carboxylic acids is 1. The topological polar surface area (TPSA) is 95.5 Å². The minimum absolute atomic E-state index is 0.00207. The van der Waals surface area contributed by atoms with Gasteiger partial charge in [0.15, 0.2) is 0 Å². The van der Waals surface area contributed by atoms with Crippen molar-refractivity contribution in [2.75, 3.05) is 13.1 Å². The normalized spacial score (nSPS) is 9.61. The van der Waals surface area contributed by atoms with Crippen molar-refractivity contribution in [1.29, 1.82) is 0 Å². The van der Waals surface area contributed by atoms with Crippen LogP contribution in [0.25, 0.3) is 0 Å². The molecular formula is C12H20N2O4. The second-order valence-electron chi connectivity index (χ2n) is 3.99. The number of nitrogens with one attached hydrogen (secondary N) is 2. The van der Waals surface area contributed by atoms with Crippen molar-refractivity contribution in [3.05, 3.63) is 12.2 Å². The Balaban J connectivity index is 3.43. The average molecular weight is 256 g/mol. The summed E-state index contributed by atoms with van der Waals surface area (Å²) in [6, 6.07) is 0. The van der Waals surface area contributed by atoms with Gasteiger partial charge in [0.25, 0.3) is 0 Å². The molecule has 0 aromatic carbocycles. The quantitative estimate of drug-likeness (QED) is 0.412. The van der Waals surface area contributed by atoms with Crippen molar-refractivity contribution in [1.82, 2.24) is 10.6 Å². The molecule has 0 radical (unpaired) electrons. The van der Waals surface area contributed by atoms with E-state index in [4.69, 9.17) is 5.11 Å². The molecule has 3 N–H and O–H groups in total. The first-order valence-electron chi connectivity index (χ1n) is 5.85. The van der Waals surface area contributed by atoms with Gasteiger partial charge in [-0.1, -0.05) is 6.58 Å². The van der Waals surface area contributed by atoms with Crippen LogP contribution in [0.2, 0.25) is 0 Å². The van der Waals surface area contributed by atoms with Crippen LogP contribution < -0.4 is 10.6 Å². The third-order valence-corrected chi connectivity index (χ3v) is 2.14. The van der Waals surface area contributed by atoms with Crippen LogP contribution in [0.3, 0.4) is 0 Å². The van der Waals surface area contributed by atoms with E-state index in [9.17, 15) is 14.4 Å². The summed E-state index contributed by atoms with van der Waals surface area (Å²) >= 11 is 0. The van der Waals surface area contributed by atoms with E-state index < -0.39 is 5.97 Å². The Morgan fingerprint density at radius 1 is 1.06 bits per heavy atom. The minimum Gasteiger partial charge on any atom is -0.481 e. The molecule has 0 aromatic rings. The standard InChI is InChI=1S/C12H20N2O4/c1-9(2)12(18)14-8-4-7-13-10(15)5-3-6-11(16)17/h1,3-8H2,2H3,(H,13,15)(H,14,18)(H,16,17). The van der Waals surface area contributed by atoms with Crippen molar-refractivity contribution in [2.45, 2.75) is 32.6 Å². The summed E-state index contributed by atoms with van der Waals surface area (Å²) in [5.74, 6) is -1.25. The summed E-state index contributed by atoms with van der Waals surface area (Å²) in [5, 5.41) is 13.7. The summed E-state index contributed by atoms with van der Waals surface area (Å²) in [5.41, 5.74) is 0.452. The molecular weight excluding hydrogens is 236 g/mol. The molecule has 0 fully saturated rings. The van der Waals surface area contributed by atoms with Gasteiger partial charge in [-0.05, 0) is 19.8 Å². The summed E-state index contributed by atoms with van der Waals surface area (Å²) in [6.07, 6.45) is 1.18. The zero-order valence-electron chi connectivity index (χ0n) is 10.6. The van der Waals surface area contributed by atoms with Crippen LogP contribution in [0.5, 0.6) is 0 Å². The molecule has 0 atom stereocenters. The van der Waals surface area contributed by atoms with Gasteiger partial charge in [0.2, 0.25) is 11.8 Å². The molecule has 2 amide bonds. The number of hydrogen-bond acceptors (Lipinski definition) is 3. The van der Waals surface area contributed by atoms with E-state index in [1.807, 2.05) is 0 Å². The maximum atomic E-state index is 11.2. The molecule has 0 aliphatic rings. The number of carbonyl (C=O) groups is 3. The molecule has 102 valence electrons. The van der Waals surface area contributed by atoms with Crippen LogP contribution in [0.15, 0.2) is 12.2 Å². The van der Waals surface area contributed by atoms with E-state index >= 15 is 0 Å². The van der Waals surface area contributed by atoms with Crippen LogP contribution >= 0.6 is 0 Å². The zero-order chi connectivity index (χ0) is 14.0. The van der Waals surface area contributed by atoms with E-state index in [0.717, 1.165) is 0 Å². The fraction of sp³-hybridized carbons (Fsp3) is 0.583. The minimum atomic E-state index is -0.898. The Bertz CT molecular complexity index is 326. The van der Waals surface area contributed by atoms with Gasteiger partial charge in [0.1, 0.15) is 0 Å². The Kier molecular flexibility index (Phi) is 8.26. The molecule has 18 heavy (non-hydrogen) atoms. The maximum absolute atomic E-state index is 11.2. The molecule has 0 saturated heterocycles. The largest absolute Gasteiger partial charge is 0.481 e. The lowest BCUT2D eigenvalue weighted by molar-refractivity contribution is -0.137. The van der Waals surface area contributed by atoms with E-state index in [1.165, 1.54) is 0 Å². The van der Waals surface area contributed by atoms with Crippen molar-refractivity contribution < 1.29 is 19.5 Å². The zero-order valence-corrected chi connectivity index (χ0v) is 10.6. The van der Waals surface area contributed by atoms with Gasteiger partial charge in [0, 0.05) is 31.5 Å². The Morgan fingerprint density at radius 3 is 2.22 bits per heavy atom. The molecule has 0 aromatic heterocycles. The van der Waals surface area contributed by atoms with Crippen LogP contribution in [0.4, 0.5) is 0 Å². The van der Waals surface area contributed by atoms with E-state index in [1.54, 1.807) is 6.92 Å². The Labute approximate surface area is 106 Å². The summed E-state index contributed by atoms with van der Waals surface area (Å²) in [4.78, 5) is 32.5. The summed E-state index contributed by atoms with van der Waals surface area (Å²) < 4.78 is 0. The maximum Gasteiger partial charge on any atom is 0.303 e. The van der Waals surface area contributed by atoms with Gasteiger partial charge >= 0.3 is 5.97 Å². The molecule has 0 aliphatic heterocycles. The monoisotopic (exact) mass is 256 g/mol. The molecule has 0 aliphatic carbocycles. The highest BCUT2D eigenvalue weighted by Gasteiger charge is 2.03. The van der Waals surface area contributed by atoms with Crippen LogP contribution in [-0.2, 0) is 14.4 Å². The first-order valence-corrected chi connectivity index (χ1v) is 5.85. The molecule has 0 saturated carbocycles. The number of aliphatic carboxylic acids is 1. The van der Waals surface area contributed by atoms with Gasteiger partial charge in [-0.25, -0.2) is 0 Å². The predicted octanol–water partition coefficient (Wildman–Crippen LogP) is 0.440. The second kappa shape index (κ2) is 9.21. The molecule has 6 heteroatoms. The SMILES string of the molecule is C=C(C)C(=O)NCCCNC(=O)CCCC(=O)O. The molecule has 6 nitrogen and oxygen atoms in total. The molecule has 0 unspecified atom stereocenters. The first-order chi connectivity index (χ1) is 8.43. The predicted molar refractivity (Wildman–Crippen MR) is 66.9 cm³/mol. The molecule has 0 heterocycles. The third kappa shape index (κ3) is 9.38. The highest BCUT2D eigenvalue weighted by molar-refractivity contribution is 5.92. The van der Waals surface area contributed by atoms with Crippen LogP contribution in [0.1, 0.15) is 32.6 Å². The van der Waals surface area contributed by atoms with Crippen molar-refractivity contribution in [3.63, 3.8) is 0 Å². The lowest BCUT2D eigenvalue weighted by Crippen LogP contribution is -2.30. The third-order valence-electron chi connectivity index (χ3n) is 2.14. The molecule has 0 spiro atoms.